The highest BCUT2D eigenvalue weighted by Crippen LogP contribution is 2.39. The van der Waals surface area contributed by atoms with Gasteiger partial charge in [-0.2, -0.15) is 0 Å². The summed E-state index contributed by atoms with van der Waals surface area (Å²) in [5.41, 5.74) is 1.05. The maximum Gasteiger partial charge on any atom is 0.147 e. The molecule has 140 valence electrons. The summed E-state index contributed by atoms with van der Waals surface area (Å²) in [4.78, 5) is 8.46. The van der Waals surface area contributed by atoms with Gasteiger partial charge in [-0.1, -0.05) is 47.5 Å². The highest BCUT2D eigenvalue weighted by Gasteiger charge is 2.25. The minimum Gasteiger partial charge on any atom is -0.505 e. The van der Waals surface area contributed by atoms with Crippen LogP contribution in [0.25, 0.3) is 10.9 Å². The Balaban J connectivity index is 1.90. The van der Waals surface area contributed by atoms with E-state index in [9.17, 15) is 9.50 Å². The van der Waals surface area contributed by atoms with Crippen LogP contribution in [-0.2, 0) is 0 Å². The van der Waals surface area contributed by atoms with Gasteiger partial charge in [-0.05, 0) is 30.3 Å². The number of phenols is 1. The summed E-state index contributed by atoms with van der Waals surface area (Å²) in [6, 6.07) is 14.1. The van der Waals surface area contributed by atoms with Crippen LogP contribution in [0.4, 0.5) is 10.2 Å². The number of nitrogens with zero attached hydrogens (tertiary/aromatic N) is 2. The van der Waals surface area contributed by atoms with Crippen LogP contribution in [0.3, 0.4) is 0 Å². The average Bonchev–Trinajstić information content (AvgIpc) is 2.69. The van der Waals surface area contributed by atoms with Crippen molar-refractivity contribution in [1.29, 1.82) is 0 Å². The van der Waals surface area contributed by atoms with E-state index >= 15 is 0 Å². The number of rotatable bonds is 4. The van der Waals surface area contributed by atoms with Crippen molar-refractivity contribution in [2.75, 3.05) is 5.32 Å². The maximum absolute atomic E-state index is 14.7. The molecule has 0 bridgehead atoms. The number of hydrogen-bond acceptors (Lipinski definition) is 4. The van der Waals surface area contributed by atoms with Crippen molar-refractivity contribution in [2.45, 2.75) is 6.04 Å². The number of nitrogens with one attached hydrogen (secondary N) is 1. The Kier molecular flexibility index (Phi) is 5.03. The molecular formula is C21H14Cl2FN3O. The van der Waals surface area contributed by atoms with Crippen LogP contribution in [0.2, 0.25) is 10.0 Å². The Morgan fingerprint density at radius 3 is 2.57 bits per heavy atom. The van der Waals surface area contributed by atoms with Crippen molar-refractivity contribution >= 4 is 39.9 Å². The molecule has 4 rings (SSSR count). The van der Waals surface area contributed by atoms with Crippen molar-refractivity contribution in [3.63, 3.8) is 0 Å². The van der Waals surface area contributed by atoms with Gasteiger partial charge >= 0.3 is 0 Å². The van der Waals surface area contributed by atoms with Crippen LogP contribution in [0.1, 0.15) is 17.2 Å². The van der Waals surface area contributed by atoms with Gasteiger partial charge in [0.2, 0.25) is 0 Å². The number of phenolic OH excluding ortho intramolecular Hbond substituents is 1. The van der Waals surface area contributed by atoms with Crippen molar-refractivity contribution < 1.29 is 9.50 Å². The smallest absolute Gasteiger partial charge is 0.147 e. The Morgan fingerprint density at radius 2 is 1.82 bits per heavy atom. The van der Waals surface area contributed by atoms with Crippen LogP contribution in [-0.4, -0.2) is 15.1 Å². The van der Waals surface area contributed by atoms with Gasteiger partial charge in [-0.3, -0.25) is 4.98 Å². The third-order valence-electron chi connectivity index (χ3n) is 4.40. The second-order valence-electron chi connectivity index (χ2n) is 6.15. The first-order chi connectivity index (χ1) is 13.5. The van der Waals surface area contributed by atoms with Gasteiger partial charge < -0.3 is 10.4 Å². The van der Waals surface area contributed by atoms with E-state index in [1.54, 1.807) is 36.5 Å². The van der Waals surface area contributed by atoms with Gasteiger partial charge in [0.05, 0.1) is 11.1 Å². The number of fused-ring (bicyclic) bond motifs is 1. The van der Waals surface area contributed by atoms with E-state index in [4.69, 9.17) is 23.2 Å². The Labute approximate surface area is 170 Å². The molecular weight excluding hydrogens is 400 g/mol. The number of hydrogen-bond donors (Lipinski definition) is 2. The molecule has 2 aromatic carbocycles. The molecule has 0 aliphatic carbocycles. The van der Waals surface area contributed by atoms with Crippen LogP contribution >= 0.6 is 23.2 Å². The van der Waals surface area contributed by atoms with E-state index in [2.05, 4.69) is 15.3 Å². The molecule has 0 spiro atoms. The summed E-state index contributed by atoms with van der Waals surface area (Å²) < 4.78 is 14.7. The summed E-state index contributed by atoms with van der Waals surface area (Å²) in [6.07, 6.45) is 3.07. The zero-order chi connectivity index (χ0) is 19.7. The monoisotopic (exact) mass is 413 g/mol. The van der Waals surface area contributed by atoms with Crippen molar-refractivity contribution in [3.05, 3.63) is 94.0 Å². The summed E-state index contributed by atoms with van der Waals surface area (Å²) >= 11 is 12.2. The van der Waals surface area contributed by atoms with Crippen molar-refractivity contribution in [1.82, 2.24) is 9.97 Å². The largest absolute Gasteiger partial charge is 0.505 e. The molecule has 1 atom stereocenters. The molecule has 28 heavy (non-hydrogen) atoms. The fraction of sp³-hybridized carbons (Fsp3) is 0.0476. The molecule has 1 unspecified atom stereocenters. The van der Waals surface area contributed by atoms with E-state index in [0.29, 0.717) is 21.9 Å². The number of aromatic hydroxyl groups is 1. The van der Waals surface area contributed by atoms with E-state index in [1.807, 2.05) is 12.1 Å². The molecule has 7 heteroatoms. The van der Waals surface area contributed by atoms with E-state index in [-0.39, 0.29) is 16.3 Å². The SMILES string of the molecule is Oc1c(C(Nc2ccc(Cl)cn2)c2c(F)cccc2Cl)ccc2cccnc12. The zero-order valence-electron chi connectivity index (χ0n) is 14.4. The Bertz CT molecular complexity index is 1130. The maximum atomic E-state index is 14.7. The molecule has 0 aliphatic rings. The summed E-state index contributed by atoms with van der Waals surface area (Å²) in [6.45, 7) is 0. The molecule has 2 N–H and O–H groups in total. The summed E-state index contributed by atoms with van der Waals surface area (Å²) in [5.74, 6) is -0.0994. The Morgan fingerprint density at radius 1 is 0.964 bits per heavy atom. The fourth-order valence-electron chi connectivity index (χ4n) is 3.08. The van der Waals surface area contributed by atoms with Crippen LogP contribution < -0.4 is 5.32 Å². The van der Waals surface area contributed by atoms with Crippen LogP contribution in [0.5, 0.6) is 5.75 Å². The van der Waals surface area contributed by atoms with E-state index in [0.717, 1.165) is 5.39 Å². The molecule has 2 aromatic heterocycles. The molecule has 0 saturated carbocycles. The summed E-state index contributed by atoms with van der Waals surface area (Å²) in [5, 5.41) is 15.5. The van der Waals surface area contributed by atoms with Gasteiger partial charge in [0.15, 0.2) is 0 Å². The Hall–Kier alpha value is -2.89. The molecule has 4 aromatic rings. The predicted octanol–water partition coefficient (Wildman–Crippen LogP) is 5.98. The second-order valence-corrected chi connectivity index (χ2v) is 7.00. The standard InChI is InChI=1S/C21H14Cl2FN3O/c22-13-7-9-17(26-11-13)27-20(18-15(23)4-1-5-16(18)24)14-8-6-12-3-2-10-25-19(12)21(14)28/h1-11,20,28H,(H,26,27). The van der Waals surface area contributed by atoms with Gasteiger partial charge in [-0.15, -0.1) is 0 Å². The molecule has 0 fully saturated rings. The molecule has 2 heterocycles. The van der Waals surface area contributed by atoms with Gasteiger partial charge in [0.25, 0.3) is 0 Å². The predicted molar refractivity (Wildman–Crippen MR) is 110 cm³/mol. The van der Waals surface area contributed by atoms with Crippen LogP contribution in [0, 0.1) is 5.82 Å². The average molecular weight is 414 g/mol. The minimum atomic E-state index is -0.797. The minimum absolute atomic E-state index is 0.0520. The van der Waals surface area contributed by atoms with E-state index in [1.165, 1.54) is 18.3 Å². The van der Waals surface area contributed by atoms with Gasteiger partial charge in [0.1, 0.15) is 22.9 Å². The molecule has 4 nitrogen and oxygen atoms in total. The lowest BCUT2D eigenvalue weighted by molar-refractivity contribution is 0.471. The van der Waals surface area contributed by atoms with Gasteiger partial charge in [-0.25, -0.2) is 9.37 Å². The second kappa shape index (κ2) is 7.62. The normalized spacial score (nSPS) is 12.1. The highest BCUT2D eigenvalue weighted by molar-refractivity contribution is 6.31. The van der Waals surface area contributed by atoms with E-state index < -0.39 is 11.9 Å². The van der Waals surface area contributed by atoms with Crippen LogP contribution in [0.15, 0.2) is 67.0 Å². The van der Waals surface area contributed by atoms with Crippen molar-refractivity contribution in [2.24, 2.45) is 0 Å². The first-order valence-corrected chi connectivity index (χ1v) is 9.19. The first-order valence-electron chi connectivity index (χ1n) is 8.43. The molecule has 0 amide bonds. The first kappa shape index (κ1) is 18.5. The lowest BCUT2D eigenvalue weighted by atomic mass is 9.95. The lowest BCUT2D eigenvalue weighted by Gasteiger charge is -2.23. The highest BCUT2D eigenvalue weighted by atomic mass is 35.5. The summed E-state index contributed by atoms with van der Waals surface area (Å²) in [7, 11) is 0. The van der Waals surface area contributed by atoms with Gasteiger partial charge in [0, 0.05) is 33.9 Å². The lowest BCUT2D eigenvalue weighted by Crippen LogP contribution is -2.16. The number of anilines is 1. The third-order valence-corrected chi connectivity index (χ3v) is 4.95. The molecule has 0 aliphatic heterocycles. The molecule has 0 radical (unpaired) electrons. The van der Waals surface area contributed by atoms with Crippen molar-refractivity contribution in [3.8, 4) is 5.75 Å². The number of benzene rings is 2. The zero-order valence-corrected chi connectivity index (χ0v) is 15.9. The molecule has 0 saturated heterocycles. The fourth-order valence-corrected chi connectivity index (χ4v) is 3.46. The third kappa shape index (κ3) is 3.46. The quantitative estimate of drug-likeness (QED) is 0.431. The number of pyridine rings is 2. The number of halogens is 3. The number of aromatic nitrogens is 2. The topological polar surface area (TPSA) is 58.0 Å².